The summed E-state index contributed by atoms with van der Waals surface area (Å²) in [6, 6.07) is 19.1. The van der Waals surface area contributed by atoms with Gasteiger partial charge in [-0.15, -0.1) is 0 Å². The number of fused-ring (bicyclic) bond motifs is 4. The molecule has 4 fully saturated rings. The van der Waals surface area contributed by atoms with Gasteiger partial charge < -0.3 is 56.2 Å². The average molecular weight is 1040 g/mol. The maximum absolute atomic E-state index is 11.1. The van der Waals surface area contributed by atoms with Crippen LogP contribution in [-0.2, 0) is 9.47 Å². The number of nitrogen functional groups attached to an aromatic ring is 3. The van der Waals surface area contributed by atoms with Gasteiger partial charge in [-0.25, -0.2) is 29.9 Å². The highest BCUT2D eigenvalue weighted by molar-refractivity contribution is 9.11. The van der Waals surface area contributed by atoms with E-state index in [4.69, 9.17) is 26.7 Å². The number of aliphatic hydroxyl groups excluding tert-OH is 4. The van der Waals surface area contributed by atoms with Crippen molar-refractivity contribution in [3.05, 3.63) is 111 Å². The maximum Gasteiger partial charge on any atom is 0.145 e. The van der Waals surface area contributed by atoms with Crippen LogP contribution in [0.2, 0.25) is 0 Å². The molecule has 10 atom stereocenters. The lowest BCUT2D eigenvalue weighted by atomic mass is 9.80. The number of benzene rings is 2. The summed E-state index contributed by atoms with van der Waals surface area (Å²) < 4.78 is 17.8. The van der Waals surface area contributed by atoms with E-state index in [0.29, 0.717) is 62.0 Å². The van der Waals surface area contributed by atoms with Crippen LogP contribution in [0.1, 0.15) is 74.2 Å². The second-order valence-electron chi connectivity index (χ2n) is 18.4. The van der Waals surface area contributed by atoms with Crippen LogP contribution >= 0.6 is 31.9 Å². The fourth-order valence-corrected chi connectivity index (χ4v) is 11.7. The van der Waals surface area contributed by atoms with E-state index in [2.05, 4.69) is 61.8 Å². The minimum atomic E-state index is -0.949. The largest absolute Gasteiger partial charge is 0.390 e. The topological polar surface area (TPSA) is 265 Å². The van der Waals surface area contributed by atoms with Crippen LogP contribution in [0.4, 0.5) is 17.5 Å². The van der Waals surface area contributed by atoms with E-state index < -0.39 is 35.2 Å². The predicted molar refractivity (Wildman–Crippen MR) is 261 cm³/mol. The first-order valence-corrected chi connectivity index (χ1v) is 23.3. The smallest absolute Gasteiger partial charge is 0.145 e. The fraction of sp³-hybridized carbons (Fsp3) is 0.375. The molecule has 6 aromatic heterocycles. The summed E-state index contributed by atoms with van der Waals surface area (Å²) in [5.74, 6) is 1.27. The molecule has 8 heterocycles. The third kappa shape index (κ3) is 7.50. The standard InChI is InChI=1S/C24H24BrN5O3.C23H23BrN6O3.CH4/c1-12-15-4-5-30(23(15)28-11-27-12)18-8-24(21(32)20(18)31)9-19(33-10-24)14-3-2-13-6-16(25)22(26)29-17(13)7-14;24-14-5-11-1-2-12(6-15(11)29-21(14)26)17-8-23(9-33-17)7-16(18(31)19(23)32)30-4-3-13-20(25)27-10-28-22(13)30;/h2-7,11,18-21,31-32H,8-10H2,1H3,(H2,26,29);1-6,10,16-19,31-32H,7-9H2,(H2,26,29)(H2,25,27,28);1H4/t18-,19+,20+,21+,24-;16-,17-,18+,19+,23-;/m11./s1. The number of rotatable bonds is 4. The summed E-state index contributed by atoms with van der Waals surface area (Å²) in [4.78, 5) is 26.0. The van der Waals surface area contributed by atoms with Crippen LogP contribution in [0, 0.1) is 17.8 Å². The number of nitrogens with zero attached hydrogens (tertiary/aromatic N) is 8. The Hall–Kier alpha value is -5.38. The van der Waals surface area contributed by atoms with Crippen molar-refractivity contribution >= 4 is 93.2 Å². The van der Waals surface area contributed by atoms with Crippen molar-refractivity contribution in [1.82, 2.24) is 39.0 Å². The zero-order chi connectivity index (χ0) is 45.8. The number of pyridine rings is 2. The minimum Gasteiger partial charge on any atom is -0.390 e. The number of ether oxygens (including phenoxy) is 2. The van der Waals surface area contributed by atoms with Crippen molar-refractivity contribution in [2.24, 2.45) is 10.8 Å². The molecule has 12 rings (SSSR count). The quantitative estimate of drug-likeness (QED) is 0.0955. The van der Waals surface area contributed by atoms with E-state index in [1.165, 1.54) is 12.7 Å². The van der Waals surface area contributed by atoms with Gasteiger partial charge in [-0.2, -0.15) is 0 Å². The van der Waals surface area contributed by atoms with E-state index in [1.807, 2.05) is 89.1 Å². The van der Waals surface area contributed by atoms with Crippen LogP contribution in [-0.4, -0.2) is 97.1 Å². The summed E-state index contributed by atoms with van der Waals surface area (Å²) >= 11 is 6.84. The first-order valence-electron chi connectivity index (χ1n) is 21.7. The number of hydrogen-bond donors (Lipinski definition) is 7. The lowest BCUT2D eigenvalue weighted by Gasteiger charge is -2.26. The van der Waals surface area contributed by atoms with Gasteiger partial charge in [0.05, 0.1) is 80.8 Å². The van der Waals surface area contributed by atoms with Gasteiger partial charge in [-0.05, 0) is 112 Å². The second kappa shape index (κ2) is 17.0. The first kappa shape index (κ1) is 45.4. The summed E-state index contributed by atoms with van der Waals surface area (Å²) in [7, 11) is 0. The van der Waals surface area contributed by atoms with Gasteiger partial charge in [0.1, 0.15) is 53.6 Å². The fourth-order valence-electron chi connectivity index (χ4n) is 11.0. The van der Waals surface area contributed by atoms with Gasteiger partial charge in [0.15, 0.2) is 0 Å². The Morgan fingerprint density at radius 1 is 0.597 bits per heavy atom. The molecule has 10 N–H and O–H groups in total. The molecular formula is C48H51Br2N11O6. The molecule has 0 bridgehead atoms. The molecular weight excluding hydrogens is 986 g/mol. The molecule has 2 saturated heterocycles. The number of aliphatic hydroxyl groups is 4. The predicted octanol–water partition coefficient (Wildman–Crippen LogP) is 6.80. The lowest BCUT2D eigenvalue weighted by molar-refractivity contribution is -0.0309. The lowest BCUT2D eigenvalue weighted by Crippen LogP contribution is -2.37. The molecule has 2 saturated carbocycles. The van der Waals surface area contributed by atoms with Crippen LogP contribution in [0.3, 0.4) is 0 Å². The van der Waals surface area contributed by atoms with Crippen molar-refractivity contribution in [2.45, 2.75) is 88.7 Å². The molecule has 17 nitrogen and oxygen atoms in total. The van der Waals surface area contributed by atoms with Gasteiger partial charge in [0, 0.05) is 39.4 Å². The highest BCUT2D eigenvalue weighted by atomic mass is 79.9. The average Bonchev–Trinajstić information content (AvgIpc) is 4.18. The van der Waals surface area contributed by atoms with Crippen molar-refractivity contribution in [1.29, 1.82) is 0 Å². The number of hydrogen-bond acceptors (Lipinski definition) is 15. The number of halogens is 2. The maximum atomic E-state index is 11.1. The molecule has 348 valence electrons. The molecule has 0 amide bonds. The van der Waals surface area contributed by atoms with Gasteiger partial charge >= 0.3 is 0 Å². The molecule has 19 heteroatoms. The Kier molecular flexibility index (Phi) is 11.5. The van der Waals surface area contributed by atoms with Gasteiger partial charge in [0.2, 0.25) is 0 Å². The third-order valence-corrected chi connectivity index (χ3v) is 15.9. The molecule has 0 unspecified atom stereocenters. The highest BCUT2D eigenvalue weighted by Gasteiger charge is 2.58. The molecule has 4 aliphatic rings. The molecule has 2 spiro atoms. The van der Waals surface area contributed by atoms with E-state index in [1.54, 1.807) is 0 Å². The summed E-state index contributed by atoms with van der Waals surface area (Å²) in [6.45, 7) is 2.68. The second-order valence-corrected chi connectivity index (χ2v) is 20.1. The summed E-state index contributed by atoms with van der Waals surface area (Å²) in [5, 5.41) is 47.9. The normalized spacial score (nSPS) is 29.1. The molecule has 2 aromatic carbocycles. The molecule has 2 aliphatic heterocycles. The van der Waals surface area contributed by atoms with E-state index in [9.17, 15) is 20.4 Å². The summed E-state index contributed by atoms with van der Waals surface area (Å²) in [5.41, 5.74) is 22.7. The Morgan fingerprint density at radius 3 is 1.57 bits per heavy atom. The van der Waals surface area contributed by atoms with E-state index in [0.717, 1.165) is 64.0 Å². The highest BCUT2D eigenvalue weighted by Crippen LogP contribution is 2.56. The molecule has 2 aliphatic carbocycles. The van der Waals surface area contributed by atoms with Crippen LogP contribution in [0.5, 0.6) is 0 Å². The third-order valence-electron chi connectivity index (χ3n) is 14.6. The molecule has 0 radical (unpaired) electrons. The number of nitrogens with two attached hydrogens (primary N) is 3. The van der Waals surface area contributed by atoms with Gasteiger partial charge in [-0.3, -0.25) is 0 Å². The van der Waals surface area contributed by atoms with Gasteiger partial charge in [-0.1, -0.05) is 31.7 Å². The SMILES string of the molecule is C.Cc1ncnc2c1ccn2[C@@H]1C[C@@]2(CO[C@H](c3ccc4cc(Br)c(N)nc4c3)C2)[C@@H](O)[C@H]1O.Nc1nc2cc([C@H]3C[C@@]4(CO3)C[C@@H](n3ccc5c(N)ncnc53)[C@H](O)[C@@H]4O)ccc2cc1Br. The summed E-state index contributed by atoms with van der Waals surface area (Å²) in [6.07, 6.45) is 5.03. The number of aromatic nitrogens is 8. The van der Waals surface area contributed by atoms with Crippen molar-refractivity contribution in [2.75, 3.05) is 30.4 Å². The van der Waals surface area contributed by atoms with Crippen molar-refractivity contribution in [3.8, 4) is 0 Å². The minimum absolute atomic E-state index is 0. The van der Waals surface area contributed by atoms with E-state index in [-0.39, 0.29) is 31.7 Å². The Balaban J connectivity index is 0.000000154. The number of aryl methyl sites for hydroxylation is 1. The number of anilines is 3. The van der Waals surface area contributed by atoms with Crippen LogP contribution in [0.25, 0.3) is 43.9 Å². The molecule has 67 heavy (non-hydrogen) atoms. The van der Waals surface area contributed by atoms with Crippen LogP contribution < -0.4 is 17.2 Å². The van der Waals surface area contributed by atoms with E-state index >= 15 is 0 Å². The Bertz CT molecular complexity index is 3000. The van der Waals surface area contributed by atoms with Crippen molar-refractivity contribution in [3.63, 3.8) is 0 Å². The van der Waals surface area contributed by atoms with Crippen LogP contribution in [0.15, 0.2) is 94.7 Å². The monoisotopic (exact) mass is 1040 g/mol. The van der Waals surface area contributed by atoms with Crippen molar-refractivity contribution < 1.29 is 29.9 Å². The Labute approximate surface area is 401 Å². The zero-order valence-corrected chi connectivity index (χ0v) is 38.8. The molecule has 8 aromatic rings. The Morgan fingerprint density at radius 2 is 1.06 bits per heavy atom. The first-order chi connectivity index (χ1) is 31.7. The van der Waals surface area contributed by atoms with Gasteiger partial charge in [0.25, 0.3) is 0 Å². The zero-order valence-electron chi connectivity index (χ0n) is 35.6.